The minimum Gasteiger partial charge on any atom is -0.396 e. The van der Waals surface area contributed by atoms with Crippen LogP contribution in [0.5, 0.6) is 0 Å². The summed E-state index contributed by atoms with van der Waals surface area (Å²) in [6, 6.07) is 5.99. The van der Waals surface area contributed by atoms with Gasteiger partial charge in [0.25, 0.3) is 0 Å². The highest BCUT2D eigenvalue weighted by Gasteiger charge is 2.42. The first-order valence-electron chi connectivity index (χ1n) is 7.20. The molecule has 0 unspecified atom stereocenters. The summed E-state index contributed by atoms with van der Waals surface area (Å²) < 4.78 is 5.10. The van der Waals surface area contributed by atoms with E-state index in [1.807, 2.05) is 0 Å². The van der Waals surface area contributed by atoms with Gasteiger partial charge in [0.2, 0.25) is 0 Å². The maximum atomic E-state index is 12.3. The zero-order valence-corrected chi connectivity index (χ0v) is 13.6. The number of rotatable bonds is 5. The molecule has 0 aliphatic carbocycles. The van der Waals surface area contributed by atoms with Crippen LogP contribution in [0.3, 0.4) is 0 Å². The molecule has 1 aromatic rings. The highest BCUT2D eigenvalue weighted by Crippen LogP contribution is 2.28. The van der Waals surface area contributed by atoms with E-state index in [-0.39, 0.29) is 19.7 Å². The van der Waals surface area contributed by atoms with Gasteiger partial charge in [-0.1, -0.05) is 23.7 Å². The maximum absolute atomic E-state index is 12.3. The zero-order chi connectivity index (χ0) is 16.9. The third-order valence-electron chi connectivity index (χ3n) is 3.71. The number of carbonyl (C=O) groups excluding carboxylic acids is 2. The van der Waals surface area contributed by atoms with Crippen LogP contribution in [0.15, 0.2) is 24.3 Å². The van der Waals surface area contributed by atoms with Crippen LogP contribution in [-0.4, -0.2) is 55.5 Å². The fraction of sp³-hybridized carbons (Fsp3) is 0.467. The Morgan fingerprint density at radius 2 is 1.96 bits per heavy atom. The number of aliphatic hydroxyl groups excluding tert-OH is 1. The first-order valence-corrected chi connectivity index (χ1v) is 7.57. The van der Waals surface area contributed by atoms with Gasteiger partial charge in [-0.05, 0) is 17.7 Å². The van der Waals surface area contributed by atoms with Gasteiger partial charge in [0.1, 0.15) is 0 Å². The highest BCUT2D eigenvalue weighted by molar-refractivity contribution is 6.30. The van der Waals surface area contributed by atoms with E-state index in [9.17, 15) is 14.7 Å². The summed E-state index contributed by atoms with van der Waals surface area (Å²) in [5.74, 6) is 0. The zero-order valence-electron chi connectivity index (χ0n) is 12.8. The first kappa shape index (κ1) is 17.5. The molecule has 1 aliphatic rings. The molecule has 3 N–H and O–H groups in total. The Bertz CT molecular complexity index is 555. The monoisotopic (exact) mass is 341 g/mol. The molecule has 8 heteroatoms. The molecule has 126 valence electrons. The van der Waals surface area contributed by atoms with E-state index in [1.165, 1.54) is 7.05 Å². The molecule has 4 amide bonds. The van der Waals surface area contributed by atoms with Crippen molar-refractivity contribution in [3.05, 3.63) is 34.9 Å². The van der Waals surface area contributed by atoms with Crippen LogP contribution in [0, 0.1) is 5.41 Å². The number of nitrogens with zero attached hydrogens (tertiary/aromatic N) is 1. The van der Waals surface area contributed by atoms with E-state index in [0.717, 1.165) is 10.5 Å². The van der Waals surface area contributed by atoms with Gasteiger partial charge in [-0.15, -0.1) is 0 Å². The molecule has 0 saturated carbocycles. The van der Waals surface area contributed by atoms with Crippen molar-refractivity contribution in [3.8, 4) is 0 Å². The van der Waals surface area contributed by atoms with Crippen molar-refractivity contribution in [2.45, 2.75) is 6.54 Å². The Labute approximate surface area is 139 Å². The van der Waals surface area contributed by atoms with Gasteiger partial charge in [0.15, 0.2) is 0 Å². The number of hydrogen-bond donors (Lipinski definition) is 3. The number of hydrogen-bond acceptors (Lipinski definition) is 4. The van der Waals surface area contributed by atoms with E-state index >= 15 is 0 Å². The maximum Gasteiger partial charge on any atom is 0.325 e. The van der Waals surface area contributed by atoms with Crippen LogP contribution in [0.1, 0.15) is 5.56 Å². The predicted molar refractivity (Wildman–Crippen MR) is 85.2 cm³/mol. The van der Waals surface area contributed by atoms with Gasteiger partial charge in [-0.25, -0.2) is 14.5 Å². The summed E-state index contributed by atoms with van der Waals surface area (Å²) in [7, 11) is 1.45. The topological polar surface area (TPSA) is 90.9 Å². The van der Waals surface area contributed by atoms with Crippen molar-refractivity contribution in [2.75, 3.05) is 33.4 Å². The fourth-order valence-electron chi connectivity index (χ4n) is 2.20. The standard InChI is InChI=1S/C15H20ClN3O4/c1-17-13(21)19(7-15(8-20)9-23-10-15)14(22)18-6-11-2-4-12(16)5-3-11/h2-5,20H,6-10H2,1H3,(H,17,21)(H,18,22). The normalized spacial score (nSPS) is 15.4. The summed E-state index contributed by atoms with van der Waals surface area (Å²) in [4.78, 5) is 25.3. The molecule has 7 nitrogen and oxygen atoms in total. The third-order valence-corrected chi connectivity index (χ3v) is 3.96. The van der Waals surface area contributed by atoms with Crippen molar-refractivity contribution in [1.29, 1.82) is 0 Å². The molecular weight excluding hydrogens is 322 g/mol. The van der Waals surface area contributed by atoms with Gasteiger partial charge < -0.3 is 20.5 Å². The summed E-state index contributed by atoms with van der Waals surface area (Å²) in [5.41, 5.74) is 0.285. The van der Waals surface area contributed by atoms with Crippen molar-refractivity contribution in [2.24, 2.45) is 5.41 Å². The quantitative estimate of drug-likeness (QED) is 0.750. The van der Waals surface area contributed by atoms with Gasteiger partial charge in [0.05, 0.1) is 25.2 Å². The SMILES string of the molecule is CNC(=O)N(CC1(CO)COC1)C(=O)NCc1ccc(Cl)cc1. The molecule has 0 bridgehead atoms. The van der Waals surface area contributed by atoms with E-state index < -0.39 is 17.5 Å². The van der Waals surface area contributed by atoms with Crippen LogP contribution < -0.4 is 10.6 Å². The molecule has 1 aromatic carbocycles. The second-order valence-corrected chi connectivity index (χ2v) is 6.01. The van der Waals surface area contributed by atoms with Crippen molar-refractivity contribution in [3.63, 3.8) is 0 Å². The number of ether oxygens (including phenoxy) is 1. The van der Waals surface area contributed by atoms with E-state index in [2.05, 4.69) is 10.6 Å². The summed E-state index contributed by atoms with van der Waals surface area (Å²) >= 11 is 5.81. The smallest absolute Gasteiger partial charge is 0.325 e. The average molecular weight is 342 g/mol. The largest absolute Gasteiger partial charge is 0.396 e. The minimum absolute atomic E-state index is 0.0929. The Morgan fingerprint density at radius 3 is 2.43 bits per heavy atom. The minimum atomic E-state index is -0.579. The molecule has 1 aliphatic heterocycles. The first-order chi connectivity index (χ1) is 11.0. The number of nitrogens with one attached hydrogen (secondary N) is 2. The molecule has 0 atom stereocenters. The summed E-state index contributed by atoms with van der Waals surface area (Å²) in [6.45, 7) is 0.857. The van der Waals surface area contributed by atoms with Gasteiger partial charge in [0, 0.05) is 25.2 Å². The molecular formula is C15H20ClN3O4. The molecule has 23 heavy (non-hydrogen) atoms. The van der Waals surface area contributed by atoms with Crippen molar-refractivity contribution in [1.82, 2.24) is 15.5 Å². The highest BCUT2D eigenvalue weighted by atomic mass is 35.5. The lowest BCUT2D eigenvalue weighted by atomic mass is 9.86. The Hall–Kier alpha value is -1.83. The van der Waals surface area contributed by atoms with Gasteiger partial charge >= 0.3 is 12.1 Å². The van der Waals surface area contributed by atoms with E-state index in [4.69, 9.17) is 16.3 Å². The lowest BCUT2D eigenvalue weighted by Gasteiger charge is -2.42. The van der Waals surface area contributed by atoms with Crippen LogP contribution in [-0.2, 0) is 11.3 Å². The number of carbonyl (C=O) groups is 2. The predicted octanol–water partition coefficient (Wildman–Crippen LogP) is 1.20. The molecule has 2 rings (SSSR count). The molecule has 0 radical (unpaired) electrons. The Kier molecular flexibility index (Phi) is 5.81. The van der Waals surface area contributed by atoms with Crippen LogP contribution >= 0.6 is 11.6 Å². The average Bonchev–Trinajstić information content (AvgIpc) is 2.53. The third kappa shape index (κ3) is 4.34. The summed E-state index contributed by atoms with van der Waals surface area (Å²) in [5, 5.41) is 15.2. The second-order valence-electron chi connectivity index (χ2n) is 5.58. The van der Waals surface area contributed by atoms with Crippen LogP contribution in [0.4, 0.5) is 9.59 Å². The fourth-order valence-corrected chi connectivity index (χ4v) is 2.33. The number of aliphatic hydroxyl groups is 1. The van der Waals surface area contributed by atoms with Gasteiger partial charge in [-0.2, -0.15) is 0 Å². The van der Waals surface area contributed by atoms with Crippen LogP contribution in [0.25, 0.3) is 0 Å². The number of imide groups is 1. The van der Waals surface area contributed by atoms with E-state index in [0.29, 0.717) is 18.2 Å². The number of urea groups is 2. The van der Waals surface area contributed by atoms with Gasteiger partial charge in [-0.3, -0.25) is 0 Å². The Balaban J connectivity index is 1.98. The molecule has 1 fully saturated rings. The lowest BCUT2D eigenvalue weighted by molar-refractivity contribution is -0.140. The molecule has 1 saturated heterocycles. The van der Waals surface area contributed by atoms with E-state index in [1.54, 1.807) is 24.3 Å². The molecule has 1 heterocycles. The Morgan fingerprint density at radius 1 is 1.30 bits per heavy atom. The number of benzene rings is 1. The second kappa shape index (κ2) is 7.63. The molecule has 0 aromatic heterocycles. The lowest BCUT2D eigenvalue weighted by Crippen LogP contribution is -2.58. The number of amides is 4. The summed E-state index contributed by atoms with van der Waals surface area (Å²) in [6.07, 6.45) is 0. The molecule has 0 spiro atoms. The van der Waals surface area contributed by atoms with Crippen molar-refractivity contribution >= 4 is 23.7 Å². The van der Waals surface area contributed by atoms with Crippen LogP contribution in [0.2, 0.25) is 5.02 Å². The number of halogens is 1. The van der Waals surface area contributed by atoms with Crippen molar-refractivity contribution < 1.29 is 19.4 Å².